The molecule has 0 aliphatic carbocycles. The first-order valence-electron chi connectivity index (χ1n) is 7.27. The van der Waals surface area contributed by atoms with E-state index in [2.05, 4.69) is 5.32 Å². The predicted molar refractivity (Wildman–Crippen MR) is 93.1 cm³/mol. The van der Waals surface area contributed by atoms with Crippen LogP contribution in [0.15, 0.2) is 42.5 Å². The lowest BCUT2D eigenvalue weighted by Gasteiger charge is -2.22. The molecule has 0 aliphatic rings. The van der Waals surface area contributed by atoms with Gasteiger partial charge in [0.05, 0.1) is 11.9 Å². The third kappa shape index (κ3) is 4.55. The average Bonchev–Trinajstić information content (AvgIpc) is 2.47. The van der Waals surface area contributed by atoms with Crippen LogP contribution in [0.1, 0.15) is 11.1 Å². The molecule has 0 bridgehead atoms. The van der Waals surface area contributed by atoms with Gasteiger partial charge in [0.25, 0.3) is 0 Å². The van der Waals surface area contributed by atoms with E-state index < -0.39 is 28.3 Å². The summed E-state index contributed by atoms with van der Waals surface area (Å²) in [5.41, 5.74) is 2.63. The Morgan fingerprint density at radius 1 is 1.12 bits per heavy atom. The smallest absolute Gasteiger partial charge is 0.245 e. The molecule has 2 aromatic carbocycles. The molecule has 0 aliphatic heterocycles. The standard InChI is InChI=1S/C17H19FN2O3S/c1-12-7-8-16(9-13(12)2)20(24(3,22)23)11-17(21)19-15-6-4-5-14(18)10-15/h4-10H,11H2,1-3H3,(H,19,21). The van der Waals surface area contributed by atoms with Crippen molar-refractivity contribution in [3.63, 3.8) is 0 Å². The Morgan fingerprint density at radius 2 is 1.83 bits per heavy atom. The van der Waals surface area contributed by atoms with Crippen molar-refractivity contribution >= 4 is 27.3 Å². The van der Waals surface area contributed by atoms with Crippen LogP contribution < -0.4 is 9.62 Å². The second-order valence-corrected chi connectivity index (χ2v) is 7.50. The van der Waals surface area contributed by atoms with Crippen LogP contribution in [-0.2, 0) is 14.8 Å². The van der Waals surface area contributed by atoms with Gasteiger partial charge in [0.2, 0.25) is 15.9 Å². The van der Waals surface area contributed by atoms with Gasteiger partial charge in [-0.3, -0.25) is 9.10 Å². The SMILES string of the molecule is Cc1ccc(N(CC(=O)Nc2cccc(F)c2)S(C)(=O)=O)cc1C. The van der Waals surface area contributed by atoms with Crippen molar-refractivity contribution in [2.45, 2.75) is 13.8 Å². The largest absolute Gasteiger partial charge is 0.324 e. The predicted octanol–water partition coefficient (Wildman–Crippen LogP) is 2.85. The molecule has 0 aromatic heterocycles. The molecule has 7 heteroatoms. The van der Waals surface area contributed by atoms with Gasteiger partial charge in [0.15, 0.2) is 0 Å². The van der Waals surface area contributed by atoms with Crippen molar-refractivity contribution in [3.8, 4) is 0 Å². The highest BCUT2D eigenvalue weighted by Gasteiger charge is 2.21. The van der Waals surface area contributed by atoms with Gasteiger partial charge in [0.1, 0.15) is 12.4 Å². The summed E-state index contributed by atoms with van der Waals surface area (Å²) in [4.78, 5) is 12.2. The Bertz CT molecular complexity index is 866. The molecular weight excluding hydrogens is 331 g/mol. The number of carbonyl (C=O) groups is 1. The Kier molecular flexibility index (Phi) is 5.23. The van der Waals surface area contributed by atoms with E-state index in [1.54, 1.807) is 18.2 Å². The number of hydrogen-bond acceptors (Lipinski definition) is 3. The minimum Gasteiger partial charge on any atom is -0.324 e. The molecule has 24 heavy (non-hydrogen) atoms. The zero-order valence-corrected chi connectivity index (χ0v) is 14.5. The molecule has 0 saturated heterocycles. The number of anilines is 2. The molecule has 0 spiro atoms. The Hall–Kier alpha value is -2.41. The zero-order chi connectivity index (χ0) is 17.9. The van der Waals surface area contributed by atoms with E-state index in [-0.39, 0.29) is 5.69 Å². The number of carbonyl (C=O) groups excluding carboxylic acids is 1. The van der Waals surface area contributed by atoms with Crippen molar-refractivity contribution in [1.82, 2.24) is 0 Å². The highest BCUT2D eigenvalue weighted by Crippen LogP contribution is 2.21. The van der Waals surface area contributed by atoms with E-state index >= 15 is 0 Å². The molecule has 1 amide bonds. The van der Waals surface area contributed by atoms with E-state index in [1.807, 2.05) is 13.8 Å². The third-order valence-electron chi connectivity index (χ3n) is 3.57. The van der Waals surface area contributed by atoms with E-state index in [0.29, 0.717) is 5.69 Å². The maximum atomic E-state index is 13.2. The molecule has 0 fully saturated rings. The summed E-state index contributed by atoms with van der Waals surface area (Å²) in [6.45, 7) is 3.39. The Labute approximate surface area is 141 Å². The van der Waals surface area contributed by atoms with Crippen molar-refractivity contribution in [2.75, 3.05) is 22.4 Å². The molecule has 0 atom stereocenters. The molecule has 2 rings (SSSR count). The number of rotatable bonds is 5. The van der Waals surface area contributed by atoms with Crippen LogP contribution in [0.25, 0.3) is 0 Å². The monoisotopic (exact) mass is 350 g/mol. The van der Waals surface area contributed by atoms with E-state index in [0.717, 1.165) is 21.7 Å². The lowest BCUT2D eigenvalue weighted by molar-refractivity contribution is -0.114. The molecule has 1 N–H and O–H groups in total. The fraction of sp³-hybridized carbons (Fsp3) is 0.235. The first-order chi connectivity index (χ1) is 11.2. The Morgan fingerprint density at radius 3 is 2.42 bits per heavy atom. The second kappa shape index (κ2) is 7.00. The fourth-order valence-electron chi connectivity index (χ4n) is 2.18. The number of benzene rings is 2. The van der Waals surface area contributed by atoms with Gasteiger partial charge in [-0.25, -0.2) is 12.8 Å². The van der Waals surface area contributed by atoms with Crippen molar-refractivity contribution in [2.24, 2.45) is 0 Å². The topological polar surface area (TPSA) is 66.5 Å². The number of hydrogen-bond donors (Lipinski definition) is 1. The summed E-state index contributed by atoms with van der Waals surface area (Å²) in [5, 5.41) is 2.50. The lowest BCUT2D eigenvalue weighted by atomic mass is 10.1. The quantitative estimate of drug-likeness (QED) is 0.902. The van der Waals surface area contributed by atoms with E-state index in [1.165, 1.54) is 24.3 Å². The van der Waals surface area contributed by atoms with Gasteiger partial charge in [-0.1, -0.05) is 12.1 Å². The number of aryl methyl sites for hydroxylation is 2. The fourth-order valence-corrected chi connectivity index (χ4v) is 3.03. The number of halogens is 1. The average molecular weight is 350 g/mol. The number of amides is 1. The molecule has 2 aromatic rings. The third-order valence-corrected chi connectivity index (χ3v) is 4.71. The minimum atomic E-state index is -3.64. The van der Waals surface area contributed by atoms with Crippen LogP contribution >= 0.6 is 0 Å². The lowest BCUT2D eigenvalue weighted by Crippen LogP contribution is -2.37. The van der Waals surface area contributed by atoms with Crippen LogP contribution in [0, 0.1) is 19.7 Å². The minimum absolute atomic E-state index is 0.272. The van der Waals surface area contributed by atoms with Gasteiger partial charge in [-0.2, -0.15) is 0 Å². The van der Waals surface area contributed by atoms with Crippen LogP contribution in [0.2, 0.25) is 0 Å². The van der Waals surface area contributed by atoms with Gasteiger partial charge < -0.3 is 5.32 Å². The number of nitrogens with zero attached hydrogens (tertiary/aromatic N) is 1. The summed E-state index contributed by atoms with van der Waals surface area (Å²) in [6, 6.07) is 10.6. The molecule has 5 nitrogen and oxygen atoms in total. The van der Waals surface area contributed by atoms with Crippen LogP contribution in [-0.4, -0.2) is 27.1 Å². The van der Waals surface area contributed by atoms with Gasteiger partial charge in [0, 0.05) is 5.69 Å². The number of sulfonamides is 1. The molecule has 0 radical (unpaired) electrons. The first-order valence-corrected chi connectivity index (χ1v) is 9.12. The van der Waals surface area contributed by atoms with Crippen LogP contribution in [0.4, 0.5) is 15.8 Å². The van der Waals surface area contributed by atoms with Crippen molar-refractivity contribution < 1.29 is 17.6 Å². The molecule has 0 saturated carbocycles. The van der Waals surface area contributed by atoms with E-state index in [4.69, 9.17) is 0 Å². The van der Waals surface area contributed by atoms with Gasteiger partial charge in [-0.05, 0) is 55.3 Å². The first kappa shape index (κ1) is 17.9. The summed E-state index contributed by atoms with van der Waals surface area (Å²) in [5.74, 6) is -1.04. The summed E-state index contributed by atoms with van der Waals surface area (Å²) in [7, 11) is -3.64. The van der Waals surface area contributed by atoms with Crippen LogP contribution in [0.3, 0.4) is 0 Å². The van der Waals surface area contributed by atoms with Crippen molar-refractivity contribution in [3.05, 3.63) is 59.4 Å². The highest BCUT2D eigenvalue weighted by atomic mass is 32.2. The summed E-state index contributed by atoms with van der Waals surface area (Å²) < 4.78 is 38.3. The van der Waals surface area contributed by atoms with Gasteiger partial charge >= 0.3 is 0 Å². The zero-order valence-electron chi connectivity index (χ0n) is 13.7. The summed E-state index contributed by atoms with van der Waals surface area (Å²) in [6.07, 6.45) is 1.04. The Balaban J connectivity index is 2.23. The molecule has 128 valence electrons. The maximum absolute atomic E-state index is 13.2. The van der Waals surface area contributed by atoms with Crippen molar-refractivity contribution in [1.29, 1.82) is 0 Å². The van der Waals surface area contributed by atoms with E-state index in [9.17, 15) is 17.6 Å². The summed E-state index contributed by atoms with van der Waals surface area (Å²) >= 11 is 0. The second-order valence-electron chi connectivity index (χ2n) is 5.60. The molecular formula is C17H19FN2O3S. The maximum Gasteiger partial charge on any atom is 0.245 e. The molecule has 0 heterocycles. The van der Waals surface area contributed by atoms with Crippen LogP contribution in [0.5, 0.6) is 0 Å². The number of nitrogens with one attached hydrogen (secondary N) is 1. The normalized spacial score (nSPS) is 11.2. The highest BCUT2D eigenvalue weighted by molar-refractivity contribution is 7.92. The van der Waals surface area contributed by atoms with Gasteiger partial charge in [-0.15, -0.1) is 0 Å². The molecule has 0 unspecified atom stereocenters.